The molecule has 1 heterocycles. The van der Waals surface area contributed by atoms with Crippen molar-refractivity contribution in [3.8, 4) is 5.75 Å². The van der Waals surface area contributed by atoms with E-state index in [0.717, 1.165) is 49.3 Å². The van der Waals surface area contributed by atoms with E-state index in [1.165, 1.54) is 11.1 Å². The third kappa shape index (κ3) is 4.40. The molecular weight excluding hydrogens is 342 g/mol. The van der Waals surface area contributed by atoms with Crippen LogP contribution in [0.25, 0.3) is 0 Å². The van der Waals surface area contributed by atoms with Crippen molar-refractivity contribution in [3.05, 3.63) is 40.8 Å². The van der Waals surface area contributed by atoms with E-state index in [4.69, 9.17) is 9.47 Å². The second-order valence-electron chi connectivity index (χ2n) is 7.54. The summed E-state index contributed by atoms with van der Waals surface area (Å²) < 4.78 is 11.9. The van der Waals surface area contributed by atoms with Crippen molar-refractivity contribution in [2.24, 2.45) is 5.92 Å². The van der Waals surface area contributed by atoms with E-state index in [1.54, 1.807) is 0 Å². The first-order valence-electron chi connectivity index (χ1n) is 10.1. The number of nitrogens with one attached hydrogen (secondary N) is 1. The number of allylic oxidation sites excluding steroid dienone is 1. The third-order valence-corrected chi connectivity index (χ3v) is 5.71. The highest BCUT2D eigenvalue weighted by Gasteiger charge is 2.33. The molecule has 1 aromatic rings. The quantitative estimate of drug-likeness (QED) is 0.663. The Morgan fingerprint density at radius 2 is 2.22 bits per heavy atom. The van der Waals surface area contributed by atoms with Gasteiger partial charge in [-0.1, -0.05) is 26.3 Å². The summed E-state index contributed by atoms with van der Waals surface area (Å²) in [5.74, 6) is 0.980. The number of ether oxygens (including phenoxy) is 2. The normalized spacial score (nSPS) is 22.2. The van der Waals surface area contributed by atoms with Crippen molar-refractivity contribution in [3.63, 3.8) is 0 Å². The van der Waals surface area contributed by atoms with Crippen LogP contribution in [-0.4, -0.2) is 23.9 Å². The van der Waals surface area contributed by atoms with Gasteiger partial charge in [-0.2, -0.15) is 0 Å². The van der Waals surface area contributed by atoms with Gasteiger partial charge >= 0.3 is 5.97 Å². The van der Waals surface area contributed by atoms with Gasteiger partial charge in [-0.3, -0.25) is 4.79 Å². The van der Waals surface area contributed by atoms with E-state index < -0.39 is 5.97 Å². The molecule has 3 atom stereocenters. The molecule has 0 spiro atoms. The zero-order chi connectivity index (χ0) is 19.4. The Bertz CT molecular complexity index is 712. The van der Waals surface area contributed by atoms with E-state index in [1.807, 2.05) is 19.9 Å². The number of hydrogen-bond donors (Lipinski definition) is 2. The van der Waals surface area contributed by atoms with Gasteiger partial charge in [0.2, 0.25) is 0 Å². The molecule has 2 N–H and O–H groups in total. The van der Waals surface area contributed by atoms with Crippen LogP contribution in [0.4, 0.5) is 0 Å². The molecule has 27 heavy (non-hydrogen) atoms. The summed E-state index contributed by atoms with van der Waals surface area (Å²) in [7, 11) is 0. The minimum absolute atomic E-state index is 0.0997. The summed E-state index contributed by atoms with van der Waals surface area (Å²) in [6, 6.07) is 6.11. The number of carboxylic acid groups (broad SMARTS) is 1. The number of hydrogen-bond acceptors (Lipinski definition) is 4. The predicted molar refractivity (Wildman–Crippen MR) is 105 cm³/mol. The second-order valence-corrected chi connectivity index (χ2v) is 7.54. The molecule has 0 aromatic heterocycles. The van der Waals surface area contributed by atoms with Crippen molar-refractivity contribution in [1.29, 1.82) is 0 Å². The van der Waals surface area contributed by atoms with E-state index in [0.29, 0.717) is 13.0 Å². The molecule has 2 aliphatic rings. The largest absolute Gasteiger partial charge is 0.493 e. The first kappa shape index (κ1) is 19.6. The Morgan fingerprint density at radius 3 is 2.93 bits per heavy atom. The summed E-state index contributed by atoms with van der Waals surface area (Å²) >= 11 is 0. The van der Waals surface area contributed by atoms with Gasteiger partial charge in [-0.15, -0.1) is 0 Å². The van der Waals surface area contributed by atoms with Crippen LogP contribution in [0.1, 0.15) is 69.9 Å². The summed E-state index contributed by atoms with van der Waals surface area (Å²) in [6.45, 7) is 6.73. The SMILES string of the molecule is CCCC1NC(C)=C(CCOc2ccc3c(c2)CCC3C(CC)C(=O)O)O1. The molecular formula is C22H31NO4. The van der Waals surface area contributed by atoms with Gasteiger partial charge in [-0.25, -0.2) is 0 Å². The minimum Gasteiger partial charge on any atom is -0.493 e. The molecule has 3 unspecified atom stereocenters. The summed E-state index contributed by atoms with van der Waals surface area (Å²) in [4.78, 5) is 11.5. The number of fused-ring (bicyclic) bond motifs is 1. The molecule has 0 radical (unpaired) electrons. The Morgan fingerprint density at radius 1 is 1.41 bits per heavy atom. The van der Waals surface area contributed by atoms with Gasteiger partial charge in [-0.05, 0) is 55.4 Å². The average Bonchev–Trinajstić information content (AvgIpc) is 3.19. The highest BCUT2D eigenvalue weighted by Crippen LogP contribution is 2.41. The van der Waals surface area contributed by atoms with Crippen molar-refractivity contribution in [1.82, 2.24) is 5.32 Å². The lowest BCUT2D eigenvalue weighted by atomic mass is 9.85. The van der Waals surface area contributed by atoms with Crippen LogP contribution < -0.4 is 10.1 Å². The number of benzene rings is 1. The molecule has 0 fully saturated rings. The molecule has 5 nitrogen and oxygen atoms in total. The molecule has 148 valence electrons. The molecule has 5 heteroatoms. The molecule has 1 aliphatic heterocycles. The van der Waals surface area contributed by atoms with E-state index in [2.05, 4.69) is 24.4 Å². The summed E-state index contributed by atoms with van der Waals surface area (Å²) in [5.41, 5.74) is 3.52. The fraction of sp³-hybridized carbons (Fsp3) is 0.591. The first-order valence-corrected chi connectivity index (χ1v) is 10.1. The van der Waals surface area contributed by atoms with Crippen LogP contribution >= 0.6 is 0 Å². The number of aryl methyl sites for hydroxylation is 1. The molecule has 3 rings (SSSR count). The van der Waals surface area contributed by atoms with Crippen LogP contribution in [0.2, 0.25) is 0 Å². The maximum atomic E-state index is 11.5. The Hall–Kier alpha value is -2.17. The second kappa shape index (κ2) is 8.68. The Balaban J connectivity index is 1.56. The maximum Gasteiger partial charge on any atom is 0.307 e. The van der Waals surface area contributed by atoms with Crippen LogP contribution in [0.5, 0.6) is 5.75 Å². The number of aliphatic carboxylic acids is 1. The van der Waals surface area contributed by atoms with Gasteiger partial charge in [0.25, 0.3) is 0 Å². The molecule has 0 bridgehead atoms. The standard InChI is InChI=1S/C22H31NO4/c1-4-6-21-23-14(3)20(27-21)11-12-26-16-8-10-18-15(13-16)7-9-19(18)17(5-2)22(24)25/h8,10,13,17,19,21,23H,4-7,9,11-12H2,1-3H3,(H,24,25). The van der Waals surface area contributed by atoms with Gasteiger partial charge in [0.05, 0.1) is 12.5 Å². The van der Waals surface area contributed by atoms with Crippen molar-refractivity contribution in [2.75, 3.05) is 6.61 Å². The van der Waals surface area contributed by atoms with Crippen molar-refractivity contribution >= 4 is 5.97 Å². The monoisotopic (exact) mass is 373 g/mol. The average molecular weight is 373 g/mol. The van der Waals surface area contributed by atoms with Crippen molar-refractivity contribution < 1.29 is 19.4 Å². The molecule has 1 aliphatic carbocycles. The fourth-order valence-corrected chi connectivity index (χ4v) is 4.28. The lowest BCUT2D eigenvalue weighted by molar-refractivity contribution is -0.142. The molecule has 0 saturated carbocycles. The van der Waals surface area contributed by atoms with Crippen LogP contribution in [0.15, 0.2) is 29.7 Å². The lowest BCUT2D eigenvalue weighted by Crippen LogP contribution is -2.22. The fourth-order valence-electron chi connectivity index (χ4n) is 4.28. The highest BCUT2D eigenvalue weighted by molar-refractivity contribution is 5.71. The lowest BCUT2D eigenvalue weighted by Gasteiger charge is -2.19. The van der Waals surface area contributed by atoms with Gasteiger partial charge in [0.1, 0.15) is 11.5 Å². The first-order chi connectivity index (χ1) is 13.0. The van der Waals surface area contributed by atoms with Crippen LogP contribution in [0, 0.1) is 5.92 Å². The number of rotatable bonds is 9. The third-order valence-electron chi connectivity index (χ3n) is 5.71. The summed E-state index contributed by atoms with van der Waals surface area (Å²) in [5, 5.41) is 12.8. The Labute approximate surface area is 161 Å². The van der Waals surface area contributed by atoms with Gasteiger partial charge < -0.3 is 19.9 Å². The number of carbonyl (C=O) groups is 1. The number of carboxylic acids is 1. The van der Waals surface area contributed by atoms with E-state index in [9.17, 15) is 9.90 Å². The van der Waals surface area contributed by atoms with Gasteiger partial charge in [0, 0.05) is 18.5 Å². The Kier molecular flexibility index (Phi) is 6.30. The highest BCUT2D eigenvalue weighted by atomic mass is 16.5. The minimum atomic E-state index is -0.689. The van der Waals surface area contributed by atoms with Gasteiger partial charge in [0.15, 0.2) is 6.23 Å². The van der Waals surface area contributed by atoms with E-state index >= 15 is 0 Å². The predicted octanol–water partition coefficient (Wildman–Crippen LogP) is 4.57. The zero-order valence-corrected chi connectivity index (χ0v) is 16.6. The molecule has 1 aromatic carbocycles. The maximum absolute atomic E-state index is 11.5. The molecule has 0 saturated heterocycles. The van der Waals surface area contributed by atoms with Crippen LogP contribution in [-0.2, 0) is 16.0 Å². The van der Waals surface area contributed by atoms with Crippen molar-refractivity contribution in [2.45, 2.75) is 71.4 Å². The smallest absolute Gasteiger partial charge is 0.307 e. The van der Waals surface area contributed by atoms with Crippen LogP contribution in [0.3, 0.4) is 0 Å². The zero-order valence-electron chi connectivity index (χ0n) is 16.6. The summed E-state index contributed by atoms with van der Waals surface area (Å²) in [6.07, 6.45) is 5.44. The van der Waals surface area contributed by atoms with E-state index in [-0.39, 0.29) is 18.1 Å². The molecule has 0 amide bonds. The topological polar surface area (TPSA) is 67.8 Å².